The van der Waals surface area contributed by atoms with E-state index in [9.17, 15) is 4.79 Å². The van der Waals surface area contributed by atoms with Crippen LogP contribution in [-0.2, 0) is 11.3 Å². The van der Waals surface area contributed by atoms with Crippen molar-refractivity contribution in [3.63, 3.8) is 0 Å². The van der Waals surface area contributed by atoms with Crippen LogP contribution < -0.4 is 4.74 Å². The summed E-state index contributed by atoms with van der Waals surface area (Å²) in [7, 11) is 0. The molecule has 0 radical (unpaired) electrons. The molecule has 1 aliphatic heterocycles. The molecule has 2 heterocycles. The molecule has 1 aromatic heterocycles. The first kappa shape index (κ1) is 19.8. The van der Waals surface area contributed by atoms with Gasteiger partial charge in [-0.2, -0.15) is 0 Å². The molecule has 2 aromatic carbocycles. The van der Waals surface area contributed by atoms with E-state index in [0.717, 1.165) is 47.1 Å². The van der Waals surface area contributed by atoms with E-state index in [1.165, 1.54) is 6.42 Å². The molecule has 0 bridgehead atoms. The third-order valence-electron chi connectivity index (χ3n) is 5.36. The highest BCUT2D eigenvalue weighted by atomic mass is 32.2. The lowest BCUT2D eigenvalue weighted by atomic mass is 10.0. The van der Waals surface area contributed by atoms with E-state index >= 15 is 0 Å². The van der Waals surface area contributed by atoms with E-state index in [0.29, 0.717) is 19.2 Å². The van der Waals surface area contributed by atoms with E-state index in [4.69, 9.17) is 9.72 Å². The number of fused-ring (bicyclic) bond motifs is 1. The van der Waals surface area contributed by atoms with Gasteiger partial charge in [0.15, 0.2) is 5.16 Å². The Morgan fingerprint density at radius 2 is 1.93 bits per heavy atom. The van der Waals surface area contributed by atoms with Gasteiger partial charge in [-0.3, -0.25) is 4.79 Å². The maximum Gasteiger partial charge on any atom is 0.242 e. The molecule has 6 heteroatoms. The Morgan fingerprint density at radius 1 is 1.14 bits per heavy atom. The molecule has 0 saturated carbocycles. The zero-order valence-corrected chi connectivity index (χ0v) is 17.6. The van der Waals surface area contributed by atoms with Crippen molar-refractivity contribution in [2.75, 3.05) is 18.9 Å². The second-order valence-corrected chi connectivity index (χ2v) is 8.47. The van der Waals surface area contributed by atoms with Crippen molar-refractivity contribution >= 4 is 28.7 Å². The number of nitrogens with zero attached hydrogens (tertiary/aromatic N) is 3. The van der Waals surface area contributed by atoms with Gasteiger partial charge in [-0.15, -0.1) is 0 Å². The number of aromatic nitrogens is 2. The maximum absolute atomic E-state index is 13.0. The van der Waals surface area contributed by atoms with Crippen molar-refractivity contribution < 1.29 is 9.53 Å². The lowest BCUT2D eigenvalue weighted by Gasteiger charge is -2.33. The van der Waals surface area contributed by atoms with Gasteiger partial charge in [0, 0.05) is 18.3 Å². The number of likely N-dealkylation sites (tertiary alicyclic amines) is 1. The summed E-state index contributed by atoms with van der Waals surface area (Å²) in [5.74, 6) is 1.82. The van der Waals surface area contributed by atoms with Crippen LogP contribution in [0.5, 0.6) is 5.75 Å². The summed E-state index contributed by atoms with van der Waals surface area (Å²) < 4.78 is 7.86. The summed E-state index contributed by atoms with van der Waals surface area (Å²) in [5.41, 5.74) is 1.94. The lowest BCUT2D eigenvalue weighted by Crippen LogP contribution is -2.43. The summed E-state index contributed by atoms with van der Waals surface area (Å²) in [4.78, 5) is 19.8. The predicted molar refractivity (Wildman–Crippen MR) is 117 cm³/mol. The number of benzene rings is 2. The average Bonchev–Trinajstić information content (AvgIpc) is 3.09. The number of piperidine rings is 1. The fourth-order valence-corrected chi connectivity index (χ4v) is 4.65. The third-order valence-corrected chi connectivity index (χ3v) is 6.30. The normalized spacial score (nSPS) is 16.9. The van der Waals surface area contributed by atoms with E-state index in [1.807, 2.05) is 59.5 Å². The van der Waals surface area contributed by atoms with E-state index in [1.54, 1.807) is 11.8 Å². The summed E-state index contributed by atoms with van der Waals surface area (Å²) in [5, 5.41) is 0.876. The second-order valence-electron chi connectivity index (χ2n) is 7.41. The molecule has 1 amide bonds. The molecule has 0 spiro atoms. The number of carbonyl (C=O) groups excluding carboxylic acids is 1. The number of para-hydroxylation sites is 3. The van der Waals surface area contributed by atoms with Crippen LogP contribution in [0.4, 0.5) is 0 Å². The molecule has 0 aliphatic carbocycles. The molecule has 152 valence electrons. The van der Waals surface area contributed by atoms with Crippen LogP contribution in [0.3, 0.4) is 0 Å². The van der Waals surface area contributed by atoms with Gasteiger partial charge in [-0.25, -0.2) is 4.98 Å². The summed E-state index contributed by atoms with van der Waals surface area (Å²) in [6.07, 6.45) is 3.40. The number of carbonyl (C=O) groups is 1. The topological polar surface area (TPSA) is 47.4 Å². The van der Waals surface area contributed by atoms with Gasteiger partial charge in [0.25, 0.3) is 0 Å². The van der Waals surface area contributed by atoms with Gasteiger partial charge in [-0.1, -0.05) is 42.1 Å². The first-order valence-corrected chi connectivity index (χ1v) is 11.3. The molecular formula is C23H27N3O2S. The van der Waals surface area contributed by atoms with Crippen LogP contribution in [0, 0.1) is 0 Å². The molecule has 1 saturated heterocycles. The SMILES string of the molecule is C[C@H]1CCCCN1C(=O)Cn1c(SCCOc2ccccc2)nc2ccccc21. The summed E-state index contributed by atoms with van der Waals surface area (Å²) in [6, 6.07) is 18.2. The van der Waals surface area contributed by atoms with E-state index in [-0.39, 0.29) is 5.91 Å². The fourth-order valence-electron chi connectivity index (χ4n) is 3.82. The van der Waals surface area contributed by atoms with Gasteiger partial charge < -0.3 is 14.2 Å². The molecule has 1 atom stereocenters. The van der Waals surface area contributed by atoms with Crippen LogP contribution in [0.15, 0.2) is 59.8 Å². The lowest BCUT2D eigenvalue weighted by molar-refractivity contribution is -0.135. The van der Waals surface area contributed by atoms with Gasteiger partial charge in [0.2, 0.25) is 5.91 Å². The Morgan fingerprint density at radius 3 is 2.76 bits per heavy atom. The average molecular weight is 410 g/mol. The highest BCUT2D eigenvalue weighted by molar-refractivity contribution is 7.99. The molecule has 0 unspecified atom stereocenters. The maximum atomic E-state index is 13.0. The molecule has 1 aliphatic rings. The minimum absolute atomic E-state index is 0.183. The Bertz CT molecular complexity index is 957. The Hall–Kier alpha value is -2.47. The van der Waals surface area contributed by atoms with Crippen molar-refractivity contribution in [2.24, 2.45) is 0 Å². The van der Waals surface area contributed by atoms with Crippen LogP contribution in [-0.4, -0.2) is 45.3 Å². The van der Waals surface area contributed by atoms with Crippen LogP contribution in [0.2, 0.25) is 0 Å². The quantitative estimate of drug-likeness (QED) is 0.422. The number of hydrogen-bond donors (Lipinski definition) is 0. The molecule has 3 aromatic rings. The number of rotatable bonds is 7. The number of hydrogen-bond acceptors (Lipinski definition) is 4. The number of ether oxygens (including phenoxy) is 1. The second kappa shape index (κ2) is 9.35. The van der Waals surface area contributed by atoms with Gasteiger partial charge in [0.05, 0.1) is 17.6 Å². The van der Waals surface area contributed by atoms with Crippen molar-refractivity contribution in [3.8, 4) is 5.75 Å². The standard InChI is InChI=1S/C23H27N3O2S/c1-18-9-7-8-14-25(18)22(27)17-26-21-13-6-5-12-20(21)24-23(26)29-16-15-28-19-10-3-2-4-11-19/h2-6,10-13,18H,7-9,14-17H2,1H3/t18-/m0/s1. The van der Waals surface area contributed by atoms with Gasteiger partial charge in [0.1, 0.15) is 12.3 Å². The molecule has 0 N–H and O–H groups in total. The Labute approximate surface area is 176 Å². The van der Waals surface area contributed by atoms with E-state index < -0.39 is 0 Å². The van der Waals surface area contributed by atoms with E-state index in [2.05, 4.69) is 11.5 Å². The minimum atomic E-state index is 0.183. The fraction of sp³-hybridized carbons (Fsp3) is 0.391. The van der Waals surface area contributed by atoms with Crippen molar-refractivity contribution in [3.05, 3.63) is 54.6 Å². The van der Waals surface area contributed by atoms with Crippen molar-refractivity contribution in [1.82, 2.24) is 14.5 Å². The van der Waals surface area contributed by atoms with Crippen molar-refractivity contribution in [2.45, 2.75) is 43.9 Å². The summed E-state index contributed by atoms with van der Waals surface area (Å²) >= 11 is 1.64. The Kier molecular flexibility index (Phi) is 6.39. The zero-order chi connectivity index (χ0) is 20.1. The van der Waals surface area contributed by atoms with Gasteiger partial charge >= 0.3 is 0 Å². The first-order chi connectivity index (χ1) is 14.2. The molecule has 4 rings (SSSR count). The number of amides is 1. The minimum Gasteiger partial charge on any atom is -0.493 e. The molecule has 29 heavy (non-hydrogen) atoms. The monoisotopic (exact) mass is 409 g/mol. The Balaban J connectivity index is 1.46. The molecule has 1 fully saturated rings. The molecule has 5 nitrogen and oxygen atoms in total. The highest BCUT2D eigenvalue weighted by Crippen LogP contribution is 2.25. The van der Waals surface area contributed by atoms with Gasteiger partial charge in [-0.05, 0) is 50.5 Å². The van der Waals surface area contributed by atoms with Crippen molar-refractivity contribution in [1.29, 1.82) is 0 Å². The third kappa shape index (κ3) is 4.75. The number of thioether (sulfide) groups is 1. The first-order valence-electron chi connectivity index (χ1n) is 10.3. The highest BCUT2D eigenvalue weighted by Gasteiger charge is 2.24. The predicted octanol–water partition coefficient (Wildman–Crippen LogP) is 4.61. The zero-order valence-electron chi connectivity index (χ0n) is 16.8. The summed E-state index contributed by atoms with van der Waals surface area (Å²) in [6.45, 7) is 3.95. The number of imidazole rings is 1. The molecular weight excluding hydrogens is 382 g/mol. The smallest absolute Gasteiger partial charge is 0.242 e. The van der Waals surface area contributed by atoms with Crippen LogP contribution in [0.25, 0.3) is 11.0 Å². The van der Waals surface area contributed by atoms with Crippen LogP contribution in [0.1, 0.15) is 26.2 Å². The largest absolute Gasteiger partial charge is 0.493 e. The van der Waals surface area contributed by atoms with Crippen LogP contribution >= 0.6 is 11.8 Å².